The molecule has 2 nitrogen and oxygen atoms in total. The average molecular weight is 443 g/mol. The third-order valence-electron chi connectivity index (χ3n) is 7.71. The molecule has 160 valence electrons. The topological polar surface area (TPSA) is 15.3 Å². The van der Waals surface area contributed by atoms with Crippen molar-refractivity contribution in [1.82, 2.24) is 10.2 Å². The molecule has 2 aromatic carbocycles. The van der Waals surface area contributed by atoms with Gasteiger partial charge < -0.3 is 5.32 Å². The van der Waals surface area contributed by atoms with Crippen molar-refractivity contribution in [2.24, 2.45) is 11.8 Å². The number of piperidine rings is 2. The van der Waals surface area contributed by atoms with E-state index in [1.807, 2.05) is 24.3 Å². The molecule has 0 aromatic heterocycles. The highest BCUT2D eigenvalue weighted by Crippen LogP contribution is 2.46. The van der Waals surface area contributed by atoms with Crippen LogP contribution in [0.1, 0.15) is 62.1 Å². The fourth-order valence-electron chi connectivity index (χ4n) is 6.30. The minimum absolute atomic E-state index is 0.123. The lowest BCUT2D eigenvalue weighted by atomic mass is 9.84. The van der Waals surface area contributed by atoms with Crippen molar-refractivity contribution in [2.75, 3.05) is 13.1 Å². The monoisotopic (exact) mass is 442 g/mol. The van der Waals surface area contributed by atoms with Gasteiger partial charge in [-0.25, -0.2) is 0 Å². The van der Waals surface area contributed by atoms with Gasteiger partial charge in [0.15, 0.2) is 0 Å². The van der Waals surface area contributed by atoms with E-state index in [1.54, 1.807) is 0 Å². The second kappa shape index (κ2) is 9.20. The van der Waals surface area contributed by atoms with Crippen molar-refractivity contribution < 1.29 is 0 Å². The fraction of sp³-hybridized carbons (Fsp3) is 0.538. The first-order valence-corrected chi connectivity index (χ1v) is 12.4. The fourth-order valence-corrected chi connectivity index (χ4v) is 6.77. The molecular weight excluding hydrogens is 411 g/mol. The largest absolute Gasteiger partial charge is 0.314 e. The first kappa shape index (κ1) is 20.8. The van der Waals surface area contributed by atoms with Gasteiger partial charge in [-0.05, 0) is 80.2 Å². The third-order valence-corrected chi connectivity index (χ3v) is 8.39. The number of rotatable bonds is 4. The van der Waals surface area contributed by atoms with Crippen molar-refractivity contribution in [3.63, 3.8) is 0 Å². The van der Waals surface area contributed by atoms with Crippen LogP contribution in [0.5, 0.6) is 0 Å². The molecule has 1 saturated carbocycles. The number of fused-ring (bicyclic) bond motifs is 4. The lowest BCUT2D eigenvalue weighted by Gasteiger charge is -2.43. The summed E-state index contributed by atoms with van der Waals surface area (Å²) in [4.78, 5) is 2.75. The van der Waals surface area contributed by atoms with Gasteiger partial charge in [0.1, 0.15) is 0 Å². The van der Waals surface area contributed by atoms with Crippen LogP contribution in [-0.2, 0) is 0 Å². The van der Waals surface area contributed by atoms with E-state index in [0.29, 0.717) is 12.1 Å². The van der Waals surface area contributed by atoms with Crippen molar-refractivity contribution in [2.45, 2.75) is 63.1 Å². The van der Waals surface area contributed by atoms with Crippen LogP contribution in [0.4, 0.5) is 0 Å². The Hall–Kier alpha value is -1.06. The molecule has 0 radical (unpaired) electrons. The summed E-state index contributed by atoms with van der Waals surface area (Å²) in [6.07, 6.45) is 9.38. The Kier molecular flexibility index (Phi) is 6.39. The first-order valence-electron chi connectivity index (χ1n) is 11.7. The van der Waals surface area contributed by atoms with Gasteiger partial charge in [0.05, 0.1) is 6.04 Å². The Morgan fingerprint density at radius 3 is 2.17 bits per heavy atom. The lowest BCUT2D eigenvalue weighted by Crippen LogP contribution is -2.45. The zero-order valence-electron chi connectivity index (χ0n) is 17.6. The van der Waals surface area contributed by atoms with Gasteiger partial charge in [-0.1, -0.05) is 66.0 Å². The molecule has 30 heavy (non-hydrogen) atoms. The number of hydrogen-bond acceptors (Lipinski definition) is 2. The van der Waals surface area contributed by atoms with Gasteiger partial charge in [-0.3, -0.25) is 4.90 Å². The summed E-state index contributed by atoms with van der Waals surface area (Å²) >= 11 is 13.5. The zero-order chi connectivity index (χ0) is 20.5. The molecule has 2 aromatic rings. The number of benzene rings is 2. The molecule has 1 N–H and O–H groups in total. The second-order valence-electron chi connectivity index (χ2n) is 9.53. The predicted octanol–water partition coefficient (Wildman–Crippen LogP) is 6.72. The van der Waals surface area contributed by atoms with E-state index < -0.39 is 0 Å². The molecule has 1 aliphatic carbocycles. The van der Waals surface area contributed by atoms with Crippen molar-refractivity contribution in [1.29, 1.82) is 0 Å². The van der Waals surface area contributed by atoms with Gasteiger partial charge in [0, 0.05) is 28.7 Å². The molecular formula is C26H32Cl2N2. The Morgan fingerprint density at radius 2 is 1.53 bits per heavy atom. The van der Waals surface area contributed by atoms with E-state index in [1.165, 1.54) is 62.6 Å². The molecule has 0 amide bonds. The molecule has 0 spiro atoms. The molecule has 3 heterocycles. The summed E-state index contributed by atoms with van der Waals surface area (Å²) in [5.74, 6) is 1.57. The van der Waals surface area contributed by atoms with Gasteiger partial charge in [0.25, 0.3) is 0 Å². The SMILES string of the molecule is Clc1ccccc1C(c1ccccc1Cl)N1CC2CCC1CC(C1CCCCN1)C2. The van der Waals surface area contributed by atoms with E-state index in [2.05, 4.69) is 34.5 Å². The highest BCUT2D eigenvalue weighted by Gasteiger charge is 2.42. The number of nitrogens with one attached hydrogen (secondary N) is 1. The normalized spacial score (nSPS) is 29.8. The quantitative estimate of drug-likeness (QED) is 0.565. The predicted molar refractivity (Wildman–Crippen MR) is 126 cm³/mol. The summed E-state index contributed by atoms with van der Waals surface area (Å²) in [5.41, 5.74) is 2.37. The summed E-state index contributed by atoms with van der Waals surface area (Å²) in [5, 5.41) is 5.53. The van der Waals surface area contributed by atoms with Crippen LogP contribution in [0.15, 0.2) is 48.5 Å². The van der Waals surface area contributed by atoms with Crippen LogP contribution in [0.3, 0.4) is 0 Å². The van der Waals surface area contributed by atoms with E-state index in [9.17, 15) is 0 Å². The molecule has 4 heteroatoms. The van der Waals surface area contributed by atoms with Crippen LogP contribution in [-0.4, -0.2) is 30.1 Å². The van der Waals surface area contributed by atoms with Crippen LogP contribution >= 0.6 is 23.2 Å². The smallest absolute Gasteiger partial charge is 0.0633 e. The Labute approximate surface area is 190 Å². The lowest BCUT2D eigenvalue weighted by molar-refractivity contribution is 0.0909. The van der Waals surface area contributed by atoms with Crippen molar-refractivity contribution >= 4 is 23.2 Å². The minimum Gasteiger partial charge on any atom is -0.314 e. The maximum Gasteiger partial charge on any atom is 0.0633 e. The van der Waals surface area contributed by atoms with Crippen LogP contribution < -0.4 is 5.32 Å². The van der Waals surface area contributed by atoms with Crippen molar-refractivity contribution in [3.8, 4) is 0 Å². The molecule has 3 saturated heterocycles. The molecule has 6 rings (SSSR count). The maximum atomic E-state index is 6.75. The van der Waals surface area contributed by atoms with Crippen molar-refractivity contribution in [3.05, 3.63) is 69.7 Å². The Bertz CT molecular complexity index is 818. The molecule has 4 fully saturated rings. The van der Waals surface area contributed by atoms with Crippen LogP contribution in [0.2, 0.25) is 10.0 Å². The van der Waals surface area contributed by atoms with E-state index in [-0.39, 0.29) is 6.04 Å². The highest BCUT2D eigenvalue weighted by molar-refractivity contribution is 6.32. The Morgan fingerprint density at radius 1 is 0.833 bits per heavy atom. The van der Waals surface area contributed by atoms with E-state index in [4.69, 9.17) is 23.2 Å². The standard InChI is InChI=1S/C26H32Cl2N2/c27-23-9-3-1-7-21(23)26(22-8-2-4-10-24(22)28)30-17-18-12-13-20(30)16-19(15-18)25-11-5-6-14-29-25/h1-4,7-10,18-20,25-26,29H,5-6,11-17H2. The molecule has 4 aliphatic rings. The number of halogens is 2. The number of nitrogens with zero attached hydrogens (tertiary/aromatic N) is 1. The summed E-state index contributed by atoms with van der Waals surface area (Å²) in [6, 6.07) is 18.1. The molecule has 4 unspecified atom stereocenters. The average Bonchev–Trinajstić information content (AvgIpc) is 3.09. The van der Waals surface area contributed by atoms with Gasteiger partial charge >= 0.3 is 0 Å². The van der Waals surface area contributed by atoms with Gasteiger partial charge in [-0.2, -0.15) is 0 Å². The van der Waals surface area contributed by atoms with E-state index >= 15 is 0 Å². The maximum absolute atomic E-state index is 6.75. The first-order chi connectivity index (χ1) is 14.7. The van der Waals surface area contributed by atoms with Gasteiger partial charge in [0.2, 0.25) is 0 Å². The number of hydrogen-bond donors (Lipinski definition) is 1. The Balaban J connectivity index is 1.50. The molecule has 3 aliphatic heterocycles. The summed E-state index contributed by atoms with van der Waals surface area (Å²) in [6.45, 7) is 2.34. The minimum atomic E-state index is 0.123. The summed E-state index contributed by atoms with van der Waals surface area (Å²) in [7, 11) is 0. The third kappa shape index (κ3) is 4.17. The second-order valence-corrected chi connectivity index (χ2v) is 10.3. The van der Waals surface area contributed by atoms with Gasteiger partial charge in [-0.15, -0.1) is 0 Å². The van der Waals surface area contributed by atoms with Crippen LogP contribution in [0, 0.1) is 11.8 Å². The molecule has 2 bridgehead atoms. The van der Waals surface area contributed by atoms with E-state index in [0.717, 1.165) is 28.4 Å². The highest BCUT2D eigenvalue weighted by atomic mass is 35.5. The zero-order valence-corrected chi connectivity index (χ0v) is 19.1. The summed E-state index contributed by atoms with van der Waals surface area (Å²) < 4.78 is 0. The molecule has 4 atom stereocenters. The van der Waals surface area contributed by atoms with Crippen LogP contribution in [0.25, 0.3) is 0 Å².